The van der Waals surface area contributed by atoms with Crippen molar-refractivity contribution in [1.29, 1.82) is 0 Å². The van der Waals surface area contributed by atoms with E-state index in [9.17, 15) is 26.2 Å². The third-order valence-electron chi connectivity index (χ3n) is 1.56. The lowest BCUT2D eigenvalue weighted by atomic mass is 10.5. The van der Waals surface area contributed by atoms with Crippen molar-refractivity contribution in [1.82, 2.24) is 0 Å². The summed E-state index contributed by atoms with van der Waals surface area (Å²) in [6.07, 6.45) is -4.52. The molecule has 0 spiro atoms. The van der Waals surface area contributed by atoms with Crippen molar-refractivity contribution in [2.24, 2.45) is 0 Å². The summed E-state index contributed by atoms with van der Waals surface area (Å²) < 4.78 is 83.7. The molecule has 0 rings (SSSR count). The summed E-state index contributed by atoms with van der Waals surface area (Å²) in [6.45, 7) is 1.28. The van der Waals surface area contributed by atoms with Crippen LogP contribution >= 0.6 is 7.60 Å². The molecule has 0 heterocycles. The molecule has 2 unspecified atom stereocenters. The van der Waals surface area contributed by atoms with Gasteiger partial charge in [-0.3, -0.25) is 4.57 Å². The molecule has 0 bridgehead atoms. The molecule has 2 atom stereocenters. The second-order valence-corrected chi connectivity index (χ2v) is 7.02. The number of hydrogen-bond acceptors (Lipinski definition) is 6. The highest BCUT2D eigenvalue weighted by molar-refractivity contribution is 7.86. The molecule has 6 nitrogen and oxygen atoms in total. The first-order valence-electron chi connectivity index (χ1n) is 4.71. The molecule has 0 radical (unpaired) electrons. The monoisotopic (exact) mass is 314 g/mol. The molecule has 0 amide bonds. The van der Waals surface area contributed by atoms with Crippen LogP contribution in [0.25, 0.3) is 0 Å². The summed E-state index contributed by atoms with van der Waals surface area (Å²) in [5, 5.41) is 0. The first kappa shape index (κ1) is 17.8. The van der Waals surface area contributed by atoms with Crippen molar-refractivity contribution < 1.29 is 39.4 Å². The molecule has 11 heteroatoms. The Morgan fingerprint density at radius 3 is 2.11 bits per heavy atom. The van der Waals surface area contributed by atoms with Crippen LogP contribution in [0.2, 0.25) is 0 Å². The Labute approximate surface area is 103 Å². The van der Waals surface area contributed by atoms with Gasteiger partial charge in [0.2, 0.25) is 0 Å². The highest BCUT2D eigenvalue weighted by atomic mass is 32.2. The Morgan fingerprint density at radius 1 is 1.33 bits per heavy atom. The summed E-state index contributed by atoms with van der Waals surface area (Å²) >= 11 is 0. The van der Waals surface area contributed by atoms with Crippen molar-refractivity contribution in [2.45, 2.75) is 25.4 Å². The molecule has 18 heavy (non-hydrogen) atoms. The number of rotatable bonds is 7. The molecule has 0 saturated carbocycles. The summed E-state index contributed by atoms with van der Waals surface area (Å²) in [5.74, 6) is -3.17. The van der Waals surface area contributed by atoms with Crippen molar-refractivity contribution in [3.63, 3.8) is 0 Å². The molecular formula is C7H14F3O6PS. The second-order valence-electron chi connectivity index (χ2n) is 3.25. The average Bonchev–Trinajstić information content (AvgIpc) is 2.20. The zero-order valence-corrected chi connectivity index (χ0v) is 11.6. The molecule has 0 aliphatic rings. The topological polar surface area (TPSA) is 78.9 Å². The molecule has 110 valence electrons. The maximum Gasteiger partial charge on any atom is 0.427 e. The number of alkyl halides is 3. The van der Waals surface area contributed by atoms with E-state index in [1.165, 1.54) is 0 Å². The highest BCUT2D eigenvalue weighted by Gasteiger charge is 2.56. The first-order valence-corrected chi connectivity index (χ1v) is 8.14. The van der Waals surface area contributed by atoms with Crippen LogP contribution in [0.15, 0.2) is 0 Å². The van der Waals surface area contributed by atoms with Gasteiger partial charge in [0.15, 0.2) is 0 Å². The lowest BCUT2D eigenvalue weighted by Gasteiger charge is -2.26. The van der Waals surface area contributed by atoms with E-state index in [-0.39, 0.29) is 13.0 Å². The van der Waals surface area contributed by atoms with Gasteiger partial charge in [0, 0.05) is 7.11 Å². The molecule has 0 aromatic rings. The standard InChI is InChI=1S/C7H14F3O6PS/c1-4-5-15-17(11,14-2)6(7(8,9)10)16-18(3,12)13/h6H,4-5H2,1-3H3. The molecule has 0 aliphatic heterocycles. The predicted octanol–water partition coefficient (Wildman–Crippen LogP) is 2.12. The van der Waals surface area contributed by atoms with Gasteiger partial charge < -0.3 is 9.05 Å². The van der Waals surface area contributed by atoms with Gasteiger partial charge in [-0.15, -0.1) is 0 Å². The van der Waals surface area contributed by atoms with E-state index in [2.05, 4.69) is 13.2 Å². The Hall–Kier alpha value is -0.150. The largest absolute Gasteiger partial charge is 0.427 e. The maximum atomic E-state index is 12.6. The summed E-state index contributed by atoms with van der Waals surface area (Å²) in [5.41, 5.74) is 0. The van der Waals surface area contributed by atoms with E-state index in [1.54, 1.807) is 6.92 Å². The Kier molecular flexibility index (Phi) is 6.28. The maximum absolute atomic E-state index is 12.6. The summed E-state index contributed by atoms with van der Waals surface area (Å²) in [7, 11) is -8.53. The van der Waals surface area contributed by atoms with Crippen molar-refractivity contribution >= 4 is 17.7 Å². The van der Waals surface area contributed by atoms with E-state index in [0.29, 0.717) is 6.26 Å². The van der Waals surface area contributed by atoms with Gasteiger partial charge in [0.1, 0.15) is 0 Å². The van der Waals surface area contributed by atoms with E-state index in [1.807, 2.05) is 0 Å². The van der Waals surface area contributed by atoms with Crippen LogP contribution in [0.5, 0.6) is 0 Å². The zero-order valence-electron chi connectivity index (χ0n) is 9.93. The van der Waals surface area contributed by atoms with Gasteiger partial charge in [-0.1, -0.05) is 6.92 Å². The van der Waals surface area contributed by atoms with Gasteiger partial charge in [-0.05, 0) is 6.42 Å². The van der Waals surface area contributed by atoms with Crippen molar-refractivity contribution in [3.05, 3.63) is 0 Å². The second kappa shape index (κ2) is 6.33. The van der Waals surface area contributed by atoms with Gasteiger partial charge in [0.25, 0.3) is 16.0 Å². The minimum absolute atomic E-state index is 0.275. The van der Waals surface area contributed by atoms with Crippen LogP contribution in [0.3, 0.4) is 0 Å². The average molecular weight is 314 g/mol. The van der Waals surface area contributed by atoms with Crippen LogP contribution < -0.4 is 0 Å². The Balaban J connectivity index is 5.34. The Bertz CT molecular complexity index is 406. The normalized spacial score (nSPS) is 18.3. The van der Waals surface area contributed by atoms with Gasteiger partial charge in [0.05, 0.1) is 12.9 Å². The van der Waals surface area contributed by atoms with Gasteiger partial charge in [-0.2, -0.15) is 21.6 Å². The van der Waals surface area contributed by atoms with E-state index < -0.39 is 29.7 Å². The summed E-state index contributed by atoms with van der Waals surface area (Å²) in [6, 6.07) is 0. The third-order valence-corrected chi connectivity index (χ3v) is 4.27. The third kappa shape index (κ3) is 5.66. The molecule has 0 saturated heterocycles. The lowest BCUT2D eigenvalue weighted by molar-refractivity contribution is -0.174. The molecule has 0 fully saturated rings. The number of hydrogen-bond donors (Lipinski definition) is 0. The van der Waals surface area contributed by atoms with Crippen LogP contribution in [0.4, 0.5) is 13.2 Å². The highest BCUT2D eigenvalue weighted by Crippen LogP contribution is 2.58. The molecule has 0 aromatic carbocycles. The lowest BCUT2D eigenvalue weighted by Crippen LogP contribution is -2.34. The minimum atomic E-state index is -5.21. The SMILES string of the molecule is CCCOP(=O)(OC)C(OS(C)(=O)=O)C(F)(F)F. The summed E-state index contributed by atoms with van der Waals surface area (Å²) in [4.78, 5) is 0. The fourth-order valence-corrected chi connectivity index (χ4v) is 3.45. The van der Waals surface area contributed by atoms with Gasteiger partial charge >= 0.3 is 13.8 Å². The van der Waals surface area contributed by atoms with Crippen LogP contribution in [0, 0.1) is 0 Å². The van der Waals surface area contributed by atoms with Crippen LogP contribution in [-0.4, -0.2) is 40.4 Å². The number of halogens is 3. The van der Waals surface area contributed by atoms with Gasteiger partial charge in [-0.25, -0.2) is 4.18 Å². The van der Waals surface area contributed by atoms with E-state index in [4.69, 9.17) is 0 Å². The first-order chi connectivity index (χ1) is 7.96. The Morgan fingerprint density at radius 2 is 1.83 bits per heavy atom. The van der Waals surface area contributed by atoms with E-state index >= 15 is 0 Å². The smallest absolute Gasteiger partial charge is 0.310 e. The van der Waals surface area contributed by atoms with Crippen molar-refractivity contribution in [3.8, 4) is 0 Å². The van der Waals surface area contributed by atoms with Crippen LogP contribution in [0.1, 0.15) is 13.3 Å². The van der Waals surface area contributed by atoms with E-state index in [0.717, 1.165) is 7.11 Å². The fourth-order valence-electron chi connectivity index (χ4n) is 0.887. The predicted molar refractivity (Wildman–Crippen MR) is 56.6 cm³/mol. The molecule has 0 aromatic heterocycles. The molecular weight excluding hydrogens is 300 g/mol. The fraction of sp³-hybridized carbons (Fsp3) is 1.00. The minimum Gasteiger partial charge on any atom is -0.310 e. The quantitative estimate of drug-likeness (QED) is 0.529. The van der Waals surface area contributed by atoms with Crippen molar-refractivity contribution in [2.75, 3.05) is 20.0 Å². The molecule has 0 N–H and O–H groups in total. The van der Waals surface area contributed by atoms with Crippen LogP contribution in [-0.2, 0) is 27.9 Å². The molecule has 0 aliphatic carbocycles. The zero-order chi connectivity index (χ0) is 14.6.